The number of imidazole rings is 1. The topological polar surface area (TPSA) is 80.1 Å². The Morgan fingerprint density at radius 1 is 1.15 bits per heavy atom. The van der Waals surface area contributed by atoms with E-state index in [9.17, 15) is 10.0 Å². The van der Waals surface area contributed by atoms with Gasteiger partial charge in [0.2, 0.25) is 0 Å². The number of rotatable bonds is 5. The van der Waals surface area contributed by atoms with Gasteiger partial charge in [0.15, 0.2) is 0 Å². The molecule has 6 nitrogen and oxygen atoms in total. The van der Waals surface area contributed by atoms with Gasteiger partial charge in [-0.1, -0.05) is 30.3 Å². The number of ether oxygens (including phenoxy) is 1. The van der Waals surface area contributed by atoms with Crippen LogP contribution in [0.1, 0.15) is 26.6 Å². The summed E-state index contributed by atoms with van der Waals surface area (Å²) in [6.07, 6.45) is 3.30. The van der Waals surface area contributed by atoms with Crippen molar-refractivity contribution in [1.82, 2.24) is 14.7 Å². The van der Waals surface area contributed by atoms with Crippen LogP contribution in [-0.4, -0.2) is 27.3 Å². The van der Waals surface area contributed by atoms with Crippen LogP contribution in [0.2, 0.25) is 0 Å². The van der Waals surface area contributed by atoms with E-state index >= 15 is 0 Å². The minimum Gasteiger partial charge on any atom is -0.804 e. The Kier molecular flexibility index (Phi) is 4.75. The van der Waals surface area contributed by atoms with E-state index in [0.717, 1.165) is 10.3 Å². The fraction of sp³-hybridized carbons (Fsp3) is 0.250. The van der Waals surface area contributed by atoms with Gasteiger partial charge >= 0.3 is 5.97 Å². The molecular formula is C20H20N3O3-. The molecule has 0 aliphatic rings. The minimum absolute atomic E-state index is 0.105. The van der Waals surface area contributed by atoms with E-state index < -0.39 is 11.4 Å². The first-order valence-electron chi connectivity index (χ1n) is 8.40. The van der Waals surface area contributed by atoms with Crippen molar-refractivity contribution >= 4 is 5.97 Å². The fourth-order valence-electron chi connectivity index (χ4n) is 2.76. The zero-order chi connectivity index (χ0) is 18.7. The first-order chi connectivity index (χ1) is 12.5. The smallest absolute Gasteiger partial charge is 0.319 e. The van der Waals surface area contributed by atoms with Crippen molar-refractivity contribution in [2.24, 2.45) is 0 Å². The molecule has 134 valence electrons. The van der Waals surface area contributed by atoms with Gasteiger partial charge in [0, 0.05) is 23.5 Å². The van der Waals surface area contributed by atoms with Crippen molar-refractivity contribution in [3.8, 4) is 22.5 Å². The van der Waals surface area contributed by atoms with Crippen molar-refractivity contribution in [2.45, 2.75) is 26.2 Å². The van der Waals surface area contributed by atoms with Crippen LogP contribution in [-0.2, 0) is 14.9 Å². The van der Waals surface area contributed by atoms with Gasteiger partial charge in [-0.05, 0) is 32.9 Å². The Bertz CT molecular complexity index is 903. The Labute approximate surface area is 152 Å². The van der Waals surface area contributed by atoms with E-state index in [4.69, 9.17) is 4.74 Å². The van der Waals surface area contributed by atoms with E-state index in [1.807, 2.05) is 36.4 Å². The van der Waals surface area contributed by atoms with Crippen LogP contribution in [0.5, 0.6) is 0 Å². The number of pyridine rings is 1. The van der Waals surface area contributed by atoms with E-state index in [-0.39, 0.29) is 12.4 Å². The largest absolute Gasteiger partial charge is 0.804 e. The first kappa shape index (κ1) is 17.7. The second-order valence-electron chi connectivity index (χ2n) is 6.38. The molecule has 0 atom stereocenters. The number of aromatic nitrogens is 3. The Morgan fingerprint density at radius 2 is 1.85 bits per heavy atom. The highest BCUT2D eigenvalue weighted by Gasteiger charge is 2.36. The summed E-state index contributed by atoms with van der Waals surface area (Å²) in [7, 11) is 0. The number of hydrogen-bond acceptors (Lipinski definition) is 5. The summed E-state index contributed by atoms with van der Waals surface area (Å²) in [5.41, 5.74) is 1.14. The van der Waals surface area contributed by atoms with Crippen LogP contribution in [0.4, 0.5) is 0 Å². The molecule has 0 aliphatic carbocycles. The summed E-state index contributed by atoms with van der Waals surface area (Å²) >= 11 is 0. The first-order valence-corrected chi connectivity index (χ1v) is 8.40. The fourth-order valence-corrected chi connectivity index (χ4v) is 2.76. The van der Waals surface area contributed by atoms with Gasteiger partial charge in [0.05, 0.1) is 18.0 Å². The molecular weight excluding hydrogens is 330 g/mol. The van der Waals surface area contributed by atoms with Crippen LogP contribution in [0.25, 0.3) is 22.5 Å². The van der Waals surface area contributed by atoms with Crippen molar-refractivity contribution in [1.29, 1.82) is 0 Å². The van der Waals surface area contributed by atoms with Crippen molar-refractivity contribution in [2.75, 3.05) is 6.61 Å². The summed E-state index contributed by atoms with van der Waals surface area (Å²) in [4.78, 5) is 21.0. The zero-order valence-electron chi connectivity index (χ0n) is 15.0. The Morgan fingerprint density at radius 3 is 2.46 bits per heavy atom. The third-order valence-electron chi connectivity index (χ3n) is 4.16. The zero-order valence-corrected chi connectivity index (χ0v) is 15.0. The average Bonchev–Trinajstić information content (AvgIpc) is 3.01. The second-order valence-corrected chi connectivity index (χ2v) is 6.38. The highest BCUT2D eigenvalue weighted by atomic mass is 16.5. The molecule has 1 aromatic carbocycles. The molecule has 6 heteroatoms. The lowest BCUT2D eigenvalue weighted by Crippen LogP contribution is -2.33. The molecule has 3 rings (SSSR count). The number of benzene rings is 1. The molecule has 0 spiro atoms. The van der Waals surface area contributed by atoms with Gasteiger partial charge in [-0.25, -0.2) is 4.98 Å². The van der Waals surface area contributed by atoms with Gasteiger partial charge in [0.25, 0.3) is 0 Å². The van der Waals surface area contributed by atoms with E-state index in [1.54, 1.807) is 39.2 Å². The lowest BCUT2D eigenvalue weighted by atomic mass is 9.93. The van der Waals surface area contributed by atoms with Crippen LogP contribution < -0.4 is 0 Å². The van der Waals surface area contributed by atoms with Gasteiger partial charge < -0.3 is 14.7 Å². The molecule has 0 radical (unpaired) electrons. The molecule has 0 N–H and O–H groups in total. The maximum atomic E-state index is 13.1. The normalized spacial score (nSPS) is 11.3. The van der Waals surface area contributed by atoms with Gasteiger partial charge in [-0.3, -0.25) is 9.78 Å². The van der Waals surface area contributed by atoms with E-state index in [0.29, 0.717) is 17.0 Å². The monoisotopic (exact) mass is 350 g/mol. The van der Waals surface area contributed by atoms with Crippen molar-refractivity contribution in [3.63, 3.8) is 0 Å². The Balaban J connectivity index is 2.23. The van der Waals surface area contributed by atoms with Crippen molar-refractivity contribution in [3.05, 3.63) is 65.9 Å². The number of carbonyl (C=O) groups is 1. The van der Waals surface area contributed by atoms with Crippen molar-refractivity contribution < 1.29 is 9.53 Å². The van der Waals surface area contributed by atoms with E-state index in [2.05, 4.69) is 9.97 Å². The summed E-state index contributed by atoms with van der Waals surface area (Å²) in [5, 5.41) is 13.1. The van der Waals surface area contributed by atoms with Crippen LogP contribution in [0.3, 0.4) is 0 Å². The molecule has 0 saturated heterocycles. The minimum atomic E-state index is -1.18. The molecule has 0 amide bonds. The second kappa shape index (κ2) is 7.00. The number of esters is 1. The third-order valence-corrected chi connectivity index (χ3v) is 4.16. The SMILES string of the molecule is CCOC(=O)C(C)(C)c1nc(-c2cccnc2)c(-c2ccccc2)n1[O-]. The Hall–Kier alpha value is -3.15. The molecule has 2 aromatic heterocycles. The molecule has 3 aromatic rings. The standard InChI is InChI=1S/C20H20N3O3/c1-4-26-19(24)20(2,3)18-22-16(15-11-8-12-21-13-15)17(23(18)25)14-9-6-5-7-10-14/h5-13H,4H2,1-3H3/q-1. The summed E-state index contributed by atoms with van der Waals surface area (Å²) in [6.45, 7) is 5.25. The maximum Gasteiger partial charge on any atom is 0.319 e. The van der Waals surface area contributed by atoms with Crippen LogP contribution >= 0.6 is 0 Å². The van der Waals surface area contributed by atoms with Gasteiger partial charge in [-0.15, -0.1) is 0 Å². The summed E-state index contributed by atoms with van der Waals surface area (Å²) < 4.78 is 5.86. The highest BCUT2D eigenvalue weighted by molar-refractivity contribution is 5.84. The molecule has 26 heavy (non-hydrogen) atoms. The van der Waals surface area contributed by atoms with Gasteiger partial charge in [0.1, 0.15) is 11.2 Å². The van der Waals surface area contributed by atoms with E-state index in [1.165, 1.54) is 0 Å². The highest BCUT2D eigenvalue weighted by Crippen LogP contribution is 2.36. The average molecular weight is 350 g/mol. The molecule has 0 bridgehead atoms. The molecule has 0 saturated carbocycles. The molecule has 2 heterocycles. The lowest BCUT2D eigenvalue weighted by molar-refractivity contribution is -0.149. The quantitative estimate of drug-likeness (QED) is 0.654. The number of carbonyl (C=O) groups excluding carboxylic acids is 1. The lowest BCUT2D eigenvalue weighted by Gasteiger charge is -2.26. The predicted octanol–water partition coefficient (Wildman–Crippen LogP) is 3.80. The number of nitrogens with zero attached hydrogens (tertiary/aromatic N) is 3. The van der Waals surface area contributed by atoms with Crippen LogP contribution in [0, 0.1) is 5.21 Å². The molecule has 0 fully saturated rings. The van der Waals surface area contributed by atoms with Crippen LogP contribution in [0.15, 0.2) is 54.9 Å². The number of hydrogen-bond donors (Lipinski definition) is 0. The predicted molar refractivity (Wildman–Crippen MR) is 99.3 cm³/mol. The summed E-state index contributed by atoms with van der Waals surface area (Å²) in [5.74, 6) is -0.381. The summed E-state index contributed by atoms with van der Waals surface area (Å²) in [6, 6.07) is 12.9. The molecule has 0 aliphatic heterocycles. The third kappa shape index (κ3) is 3.06. The maximum absolute atomic E-state index is 13.1. The molecule has 0 unspecified atom stereocenters. The van der Waals surface area contributed by atoms with Gasteiger partial charge in [-0.2, -0.15) is 0 Å².